The molecule has 1 N–H and O–H groups in total. The highest BCUT2D eigenvalue weighted by Crippen LogP contribution is 2.48. The molecule has 1 fully saturated rings. The maximum atomic E-state index is 15.7. The van der Waals surface area contributed by atoms with Crippen LogP contribution in [-0.2, 0) is 9.53 Å². The number of aromatic nitrogens is 1. The van der Waals surface area contributed by atoms with E-state index in [2.05, 4.69) is 0 Å². The second-order valence-corrected chi connectivity index (χ2v) is 9.71. The zero-order valence-corrected chi connectivity index (χ0v) is 19.6. The van der Waals surface area contributed by atoms with E-state index in [-0.39, 0.29) is 53.0 Å². The van der Waals surface area contributed by atoms with Crippen molar-refractivity contribution >= 4 is 40.2 Å². The Morgan fingerprint density at radius 3 is 2.63 bits per heavy atom. The van der Waals surface area contributed by atoms with Gasteiger partial charge < -0.3 is 19.5 Å². The normalized spacial score (nSPS) is 19.5. The van der Waals surface area contributed by atoms with Crippen LogP contribution in [0, 0.1) is 11.6 Å². The molecule has 0 radical (unpaired) electrons. The summed E-state index contributed by atoms with van der Waals surface area (Å²) in [6.07, 6.45) is -3.66. The summed E-state index contributed by atoms with van der Waals surface area (Å²) in [7, 11) is 0. The molecule has 1 amide bonds. The van der Waals surface area contributed by atoms with E-state index in [1.807, 2.05) is 12.2 Å². The van der Waals surface area contributed by atoms with Gasteiger partial charge in [-0.1, -0.05) is 25.1 Å². The third-order valence-electron chi connectivity index (χ3n) is 5.99. The van der Waals surface area contributed by atoms with Gasteiger partial charge in [0.2, 0.25) is 5.43 Å². The molecule has 0 saturated carbocycles. The molecule has 13 heteroatoms. The highest BCUT2D eigenvalue weighted by molar-refractivity contribution is 8.00. The first-order chi connectivity index (χ1) is 16.5. The van der Waals surface area contributed by atoms with E-state index in [1.54, 1.807) is 6.92 Å². The lowest BCUT2D eigenvalue weighted by atomic mass is 10.1. The fraction of sp³-hybridized carbons (Fsp3) is 0.500. The Morgan fingerprint density at radius 1 is 1.29 bits per heavy atom. The summed E-state index contributed by atoms with van der Waals surface area (Å²) in [6, 6.07) is -0.122. The number of rotatable bonds is 6. The summed E-state index contributed by atoms with van der Waals surface area (Å²) in [4.78, 5) is 38.1. The lowest BCUT2D eigenvalue weighted by Gasteiger charge is -2.33. The fourth-order valence-corrected chi connectivity index (χ4v) is 5.42. The molecule has 1 unspecified atom stereocenters. The number of carbonyl (C=O) groups excluding carboxylic acids is 2. The maximum absolute atomic E-state index is 15.7. The van der Waals surface area contributed by atoms with E-state index >= 15 is 8.78 Å². The average molecular weight is 519 g/mol. The Labute approximate surface area is 200 Å². The Morgan fingerprint density at radius 2 is 2.00 bits per heavy atom. The fourth-order valence-electron chi connectivity index (χ4n) is 4.29. The molecule has 0 bridgehead atoms. The number of nitrogens with zero attached hydrogens (tertiary/aromatic N) is 2. The summed E-state index contributed by atoms with van der Waals surface area (Å²) >= 11 is 1.17. The number of esters is 1. The predicted octanol–water partition coefficient (Wildman–Crippen LogP) is 4.12. The number of hydrogen-bond acceptors (Lipinski definition) is 6. The molecule has 3 heterocycles. The molecule has 2 aliphatic heterocycles. The van der Waals surface area contributed by atoms with Crippen molar-refractivity contribution in [3.05, 3.63) is 33.5 Å². The van der Waals surface area contributed by atoms with E-state index < -0.39 is 46.8 Å². The lowest BCUT2D eigenvalue weighted by molar-refractivity contribution is -0.174. The average Bonchev–Trinajstić information content (AvgIpc) is 3.21. The minimum absolute atomic E-state index is 0.00855. The molecule has 2 aliphatic rings. The summed E-state index contributed by atoms with van der Waals surface area (Å²) in [6.45, 7) is 3.47. The molecule has 7 nitrogen and oxygen atoms in total. The standard InChI is InChI=1S/C22H22F5N3O4S/c1-3-4-7-34-20(32)14-18(31)12-8-13(23)17(15(24)16(12)30-10(2)35-19(14)30)29-6-5-11(9-29)28-21(33)22(25,26)27/h8,10-11H,3-7,9H2,1-2H3,(H,28,33)/t10?,11-/m0/s1. The van der Waals surface area contributed by atoms with E-state index in [9.17, 15) is 27.6 Å². The molecule has 1 aromatic heterocycles. The topological polar surface area (TPSA) is 80.6 Å². The molecule has 1 aromatic carbocycles. The number of nitrogens with one attached hydrogen (secondary N) is 1. The number of fused-ring (bicyclic) bond motifs is 3. The number of hydrogen-bond donors (Lipinski definition) is 1. The Balaban J connectivity index is 1.73. The van der Waals surface area contributed by atoms with Gasteiger partial charge in [0.15, 0.2) is 5.82 Å². The Kier molecular flexibility index (Phi) is 6.73. The lowest BCUT2D eigenvalue weighted by Crippen LogP contribution is -2.44. The van der Waals surface area contributed by atoms with Crippen molar-refractivity contribution in [2.45, 2.75) is 55.7 Å². The van der Waals surface area contributed by atoms with Gasteiger partial charge >= 0.3 is 18.1 Å². The molecule has 0 aliphatic carbocycles. The highest BCUT2D eigenvalue weighted by atomic mass is 32.2. The number of anilines is 1. The number of thioether (sulfide) groups is 1. The number of pyridine rings is 1. The van der Waals surface area contributed by atoms with Gasteiger partial charge in [0.25, 0.3) is 0 Å². The van der Waals surface area contributed by atoms with Crippen LogP contribution in [0.4, 0.5) is 27.6 Å². The summed E-state index contributed by atoms with van der Waals surface area (Å²) < 4.78 is 75.1. The molecule has 0 spiro atoms. The van der Waals surface area contributed by atoms with E-state index in [0.717, 1.165) is 12.5 Å². The second-order valence-electron chi connectivity index (χ2n) is 8.41. The van der Waals surface area contributed by atoms with Crippen molar-refractivity contribution < 1.29 is 36.3 Å². The van der Waals surface area contributed by atoms with Crippen LogP contribution in [0.3, 0.4) is 0 Å². The van der Waals surface area contributed by atoms with E-state index in [0.29, 0.717) is 6.42 Å². The maximum Gasteiger partial charge on any atom is 0.471 e. The van der Waals surface area contributed by atoms with Crippen molar-refractivity contribution in [1.82, 2.24) is 9.88 Å². The number of alkyl halides is 3. The Bertz CT molecular complexity index is 1260. The zero-order chi connectivity index (χ0) is 25.7. The van der Waals surface area contributed by atoms with Crippen molar-refractivity contribution in [1.29, 1.82) is 0 Å². The third kappa shape index (κ3) is 4.45. The number of amides is 1. The summed E-state index contributed by atoms with van der Waals surface area (Å²) in [5, 5.41) is 1.34. The third-order valence-corrected chi connectivity index (χ3v) is 7.17. The number of ether oxygens (including phenoxy) is 1. The minimum Gasteiger partial charge on any atom is -0.462 e. The molecule has 35 heavy (non-hydrogen) atoms. The second kappa shape index (κ2) is 9.32. The quantitative estimate of drug-likeness (QED) is 0.352. The van der Waals surface area contributed by atoms with Crippen molar-refractivity contribution in [2.24, 2.45) is 0 Å². The molecule has 190 valence electrons. The zero-order valence-electron chi connectivity index (χ0n) is 18.8. The predicted molar refractivity (Wildman–Crippen MR) is 119 cm³/mol. The Hall–Kier alpha value is -2.83. The van der Waals surface area contributed by atoms with Gasteiger partial charge in [-0.25, -0.2) is 13.6 Å². The molecule has 1 saturated heterocycles. The van der Waals surface area contributed by atoms with Crippen LogP contribution in [0.2, 0.25) is 0 Å². The van der Waals surface area contributed by atoms with Crippen LogP contribution in [0.5, 0.6) is 0 Å². The molecule has 2 aromatic rings. The number of halogens is 5. The molecular formula is C22H22F5N3O4S. The van der Waals surface area contributed by atoms with Gasteiger partial charge in [-0.3, -0.25) is 9.59 Å². The highest BCUT2D eigenvalue weighted by Gasteiger charge is 2.41. The van der Waals surface area contributed by atoms with Crippen LogP contribution >= 0.6 is 11.8 Å². The first kappa shape index (κ1) is 25.3. The van der Waals surface area contributed by atoms with Gasteiger partial charge in [0.1, 0.15) is 17.1 Å². The van der Waals surface area contributed by atoms with Crippen molar-refractivity contribution in [3.63, 3.8) is 0 Å². The first-order valence-electron chi connectivity index (χ1n) is 11.0. The van der Waals surface area contributed by atoms with E-state index in [4.69, 9.17) is 4.74 Å². The summed E-state index contributed by atoms with van der Waals surface area (Å²) in [5.41, 5.74) is -1.83. The minimum atomic E-state index is -5.07. The van der Waals surface area contributed by atoms with Crippen LogP contribution < -0.4 is 15.6 Å². The molecular weight excluding hydrogens is 497 g/mol. The van der Waals surface area contributed by atoms with Crippen molar-refractivity contribution in [2.75, 3.05) is 24.6 Å². The van der Waals surface area contributed by atoms with Crippen LogP contribution in [0.25, 0.3) is 10.9 Å². The van der Waals surface area contributed by atoms with Crippen LogP contribution in [0.1, 0.15) is 48.8 Å². The van der Waals surface area contributed by atoms with Gasteiger partial charge in [0, 0.05) is 19.1 Å². The number of benzene rings is 1. The van der Waals surface area contributed by atoms with E-state index in [1.165, 1.54) is 21.2 Å². The van der Waals surface area contributed by atoms with Crippen LogP contribution in [-0.4, -0.2) is 48.4 Å². The number of unbranched alkanes of at least 4 members (excludes halogenated alkanes) is 1. The summed E-state index contributed by atoms with van der Waals surface area (Å²) in [5.74, 6) is -5.14. The largest absolute Gasteiger partial charge is 0.471 e. The van der Waals surface area contributed by atoms with Gasteiger partial charge in [-0.05, 0) is 25.8 Å². The van der Waals surface area contributed by atoms with Gasteiger partial charge in [-0.2, -0.15) is 13.2 Å². The van der Waals surface area contributed by atoms with Crippen molar-refractivity contribution in [3.8, 4) is 0 Å². The SMILES string of the molecule is CCCCOC(=O)c1c2n(c3c(F)c(N4CC[C@H](NC(=O)C(F)(F)F)C4)c(F)cc3c1=O)C(C)S2. The monoisotopic (exact) mass is 519 g/mol. The van der Waals surface area contributed by atoms with Gasteiger partial charge in [0.05, 0.1) is 27.9 Å². The van der Waals surface area contributed by atoms with Gasteiger partial charge in [-0.15, -0.1) is 0 Å². The molecule has 4 rings (SSSR count). The molecule has 2 atom stereocenters. The number of carbonyl (C=O) groups is 2. The smallest absolute Gasteiger partial charge is 0.462 e. The van der Waals surface area contributed by atoms with Crippen LogP contribution in [0.15, 0.2) is 15.9 Å². The first-order valence-corrected chi connectivity index (χ1v) is 11.9.